The van der Waals surface area contributed by atoms with Crippen LogP contribution in [0.15, 0.2) is 40.8 Å². The molecule has 3 aromatic rings. The Hall–Kier alpha value is -2.36. The Morgan fingerprint density at radius 2 is 2.11 bits per heavy atom. The van der Waals surface area contributed by atoms with Crippen LogP contribution in [0.5, 0.6) is 0 Å². The number of oxazole rings is 1. The summed E-state index contributed by atoms with van der Waals surface area (Å²) in [6.45, 7) is 2.14. The van der Waals surface area contributed by atoms with Crippen LogP contribution in [0, 0.1) is 0 Å². The van der Waals surface area contributed by atoms with Crippen molar-refractivity contribution in [3.63, 3.8) is 0 Å². The minimum Gasteiger partial charge on any atom is -0.466 e. The fourth-order valence-corrected chi connectivity index (χ4v) is 2.12. The Morgan fingerprint density at radius 3 is 2.95 bits per heavy atom. The first-order valence-electron chi connectivity index (χ1n) is 6.20. The van der Waals surface area contributed by atoms with Crippen molar-refractivity contribution >= 4 is 27.8 Å². The van der Waals surface area contributed by atoms with E-state index in [1.54, 1.807) is 6.92 Å². The quantitative estimate of drug-likeness (QED) is 0.675. The SMILES string of the molecule is CCOC(=O)Cc1nc2c(ccc3ccccc32)o1. The summed E-state index contributed by atoms with van der Waals surface area (Å²) < 4.78 is 10.5. The number of carbonyl (C=O) groups excluding carboxylic acids is 1. The van der Waals surface area contributed by atoms with E-state index in [-0.39, 0.29) is 12.4 Å². The Bertz CT molecular complexity index is 745. The highest BCUT2D eigenvalue weighted by Crippen LogP contribution is 2.25. The van der Waals surface area contributed by atoms with Crippen LogP contribution in [-0.4, -0.2) is 17.6 Å². The fourth-order valence-electron chi connectivity index (χ4n) is 2.12. The summed E-state index contributed by atoms with van der Waals surface area (Å²) in [7, 11) is 0. The molecule has 0 unspecified atom stereocenters. The van der Waals surface area contributed by atoms with Gasteiger partial charge in [-0.15, -0.1) is 0 Å². The topological polar surface area (TPSA) is 52.3 Å². The lowest BCUT2D eigenvalue weighted by atomic mass is 10.1. The molecule has 0 radical (unpaired) electrons. The van der Waals surface area contributed by atoms with E-state index >= 15 is 0 Å². The van der Waals surface area contributed by atoms with E-state index in [0.717, 1.165) is 16.3 Å². The van der Waals surface area contributed by atoms with Crippen molar-refractivity contribution in [3.8, 4) is 0 Å². The third-order valence-electron chi connectivity index (χ3n) is 2.93. The smallest absolute Gasteiger partial charge is 0.315 e. The van der Waals surface area contributed by atoms with Crippen LogP contribution in [0.4, 0.5) is 0 Å². The van der Waals surface area contributed by atoms with Gasteiger partial charge in [-0.3, -0.25) is 4.79 Å². The normalized spacial score (nSPS) is 11.0. The number of rotatable bonds is 3. The van der Waals surface area contributed by atoms with Gasteiger partial charge in [0.2, 0.25) is 5.89 Å². The van der Waals surface area contributed by atoms with Gasteiger partial charge in [-0.2, -0.15) is 0 Å². The number of carbonyl (C=O) groups is 1. The molecule has 4 nitrogen and oxygen atoms in total. The number of esters is 1. The molecule has 0 aliphatic heterocycles. The van der Waals surface area contributed by atoms with Crippen molar-refractivity contribution in [2.75, 3.05) is 6.61 Å². The van der Waals surface area contributed by atoms with Gasteiger partial charge < -0.3 is 9.15 Å². The molecule has 1 aromatic heterocycles. The van der Waals surface area contributed by atoms with Gasteiger partial charge >= 0.3 is 5.97 Å². The van der Waals surface area contributed by atoms with Crippen molar-refractivity contribution < 1.29 is 13.9 Å². The number of aromatic nitrogens is 1. The Labute approximate surface area is 110 Å². The van der Waals surface area contributed by atoms with E-state index in [0.29, 0.717) is 18.1 Å². The third kappa shape index (κ3) is 2.17. The van der Waals surface area contributed by atoms with Crippen LogP contribution in [0.3, 0.4) is 0 Å². The number of hydrogen-bond donors (Lipinski definition) is 0. The molecule has 2 aromatic carbocycles. The summed E-state index contributed by atoms with van der Waals surface area (Å²) in [5, 5.41) is 2.13. The molecule has 1 heterocycles. The lowest BCUT2D eigenvalue weighted by Gasteiger charge is -1.96. The van der Waals surface area contributed by atoms with Gasteiger partial charge in [0.25, 0.3) is 0 Å². The van der Waals surface area contributed by atoms with Crippen LogP contribution < -0.4 is 0 Å². The van der Waals surface area contributed by atoms with Crippen molar-refractivity contribution in [2.24, 2.45) is 0 Å². The first-order chi connectivity index (χ1) is 9.28. The second kappa shape index (κ2) is 4.72. The van der Waals surface area contributed by atoms with Crippen LogP contribution in [0.25, 0.3) is 21.9 Å². The molecule has 0 fully saturated rings. The van der Waals surface area contributed by atoms with Gasteiger partial charge in [0.1, 0.15) is 11.9 Å². The minimum absolute atomic E-state index is 0.0663. The molecule has 0 bridgehead atoms. The highest BCUT2D eigenvalue weighted by molar-refractivity contribution is 6.03. The molecule has 0 spiro atoms. The first kappa shape index (κ1) is 11.7. The van der Waals surface area contributed by atoms with Crippen molar-refractivity contribution in [2.45, 2.75) is 13.3 Å². The molecule has 19 heavy (non-hydrogen) atoms. The maximum atomic E-state index is 11.4. The predicted molar refractivity (Wildman–Crippen MR) is 71.9 cm³/mol. The zero-order chi connectivity index (χ0) is 13.2. The second-order valence-electron chi connectivity index (χ2n) is 4.22. The van der Waals surface area contributed by atoms with Gasteiger partial charge in [-0.25, -0.2) is 4.98 Å². The Balaban J connectivity index is 2.05. The molecular formula is C15H13NO3. The van der Waals surface area contributed by atoms with E-state index in [1.807, 2.05) is 36.4 Å². The van der Waals surface area contributed by atoms with Crippen molar-refractivity contribution in [1.29, 1.82) is 0 Å². The summed E-state index contributed by atoms with van der Waals surface area (Å²) in [6, 6.07) is 11.8. The van der Waals surface area contributed by atoms with Gasteiger partial charge in [-0.1, -0.05) is 30.3 Å². The molecule has 0 atom stereocenters. The summed E-state index contributed by atoms with van der Waals surface area (Å²) in [4.78, 5) is 15.8. The van der Waals surface area contributed by atoms with Crippen LogP contribution >= 0.6 is 0 Å². The van der Waals surface area contributed by atoms with Gasteiger partial charge in [-0.05, 0) is 18.4 Å². The van der Waals surface area contributed by atoms with Crippen molar-refractivity contribution in [1.82, 2.24) is 4.98 Å². The van der Waals surface area contributed by atoms with Crippen LogP contribution in [0.2, 0.25) is 0 Å². The predicted octanol–water partition coefficient (Wildman–Crippen LogP) is 3.09. The monoisotopic (exact) mass is 255 g/mol. The largest absolute Gasteiger partial charge is 0.466 e. The molecule has 96 valence electrons. The summed E-state index contributed by atoms with van der Waals surface area (Å²) in [5.41, 5.74) is 1.48. The maximum absolute atomic E-state index is 11.4. The van der Waals surface area contributed by atoms with Gasteiger partial charge in [0.05, 0.1) is 6.61 Å². The zero-order valence-corrected chi connectivity index (χ0v) is 10.6. The number of hydrogen-bond acceptors (Lipinski definition) is 4. The average molecular weight is 255 g/mol. The number of benzene rings is 2. The van der Waals surface area contributed by atoms with Gasteiger partial charge in [0.15, 0.2) is 5.58 Å². The highest BCUT2D eigenvalue weighted by Gasteiger charge is 2.12. The first-order valence-corrected chi connectivity index (χ1v) is 6.20. The number of nitrogens with zero attached hydrogens (tertiary/aromatic N) is 1. The van der Waals surface area contributed by atoms with E-state index in [4.69, 9.17) is 9.15 Å². The number of ether oxygens (including phenoxy) is 1. The third-order valence-corrected chi connectivity index (χ3v) is 2.93. The van der Waals surface area contributed by atoms with E-state index in [9.17, 15) is 4.79 Å². The molecule has 0 aliphatic carbocycles. The van der Waals surface area contributed by atoms with E-state index < -0.39 is 0 Å². The van der Waals surface area contributed by atoms with Crippen molar-refractivity contribution in [3.05, 3.63) is 42.3 Å². The molecular weight excluding hydrogens is 242 g/mol. The molecule has 0 saturated heterocycles. The highest BCUT2D eigenvalue weighted by atomic mass is 16.5. The maximum Gasteiger partial charge on any atom is 0.315 e. The fraction of sp³-hybridized carbons (Fsp3) is 0.200. The van der Waals surface area contributed by atoms with Crippen LogP contribution in [0.1, 0.15) is 12.8 Å². The van der Waals surface area contributed by atoms with E-state index in [2.05, 4.69) is 4.98 Å². The minimum atomic E-state index is -0.321. The summed E-state index contributed by atoms with van der Waals surface area (Å²) in [6.07, 6.45) is 0.0663. The zero-order valence-electron chi connectivity index (χ0n) is 10.6. The Morgan fingerprint density at radius 1 is 1.26 bits per heavy atom. The summed E-state index contributed by atoms with van der Waals surface area (Å²) >= 11 is 0. The molecule has 0 N–H and O–H groups in total. The Kier molecular flexibility index (Phi) is 2.91. The molecule has 3 rings (SSSR count). The lowest BCUT2D eigenvalue weighted by Crippen LogP contribution is -2.07. The second-order valence-corrected chi connectivity index (χ2v) is 4.22. The molecule has 0 saturated carbocycles. The summed E-state index contributed by atoms with van der Waals surface area (Å²) in [5.74, 6) is 0.0724. The molecule has 0 amide bonds. The average Bonchev–Trinajstić information content (AvgIpc) is 2.81. The standard InChI is InChI=1S/C15H13NO3/c1-2-18-14(17)9-13-16-15-11-6-4-3-5-10(11)7-8-12(15)19-13/h3-8H,2,9H2,1H3. The van der Waals surface area contributed by atoms with Gasteiger partial charge in [0, 0.05) is 5.39 Å². The number of fused-ring (bicyclic) bond motifs is 3. The van der Waals surface area contributed by atoms with Crippen LogP contribution in [-0.2, 0) is 16.0 Å². The molecule has 0 aliphatic rings. The van der Waals surface area contributed by atoms with E-state index in [1.165, 1.54) is 0 Å². The molecule has 4 heteroatoms. The lowest BCUT2D eigenvalue weighted by molar-refractivity contribution is -0.142.